The highest BCUT2D eigenvalue weighted by Gasteiger charge is 2.63. The maximum absolute atomic E-state index is 13.6. The molecule has 2 aromatic rings. The minimum Gasteiger partial charge on any atom is -0.465 e. The van der Waals surface area contributed by atoms with Gasteiger partial charge in [0.1, 0.15) is 11.9 Å². The number of benzene rings is 1. The normalized spacial score (nSPS) is 34.2. The van der Waals surface area contributed by atoms with Crippen LogP contribution in [0.5, 0.6) is 0 Å². The second kappa shape index (κ2) is 8.89. The van der Waals surface area contributed by atoms with Crippen molar-refractivity contribution in [3.05, 3.63) is 60.2 Å². The quantitative estimate of drug-likeness (QED) is 0.518. The van der Waals surface area contributed by atoms with E-state index in [1.807, 2.05) is 24.3 Å². The number of ether oxygens (including phenoxy) is 2. The predicted molar refractivity (Wildman–Crippen MR) is 130 cm³/mol. The first-order valence-corrected chi connectivity index (χ1v) is 12.5. The SMILES string of the molecule is CC(=O)O[C@@H]1CC[C@@]2(C)[C@@H]3C(=O)OC[C@H]3CC[C@@H]2[C@@]1(C)/C=C/c1ccc(-c2cccc(F)c2)cn1. The molecule has 6 atom stereocenters. The summed E-state index contributed by atoms with van der Waals surface area (Å²) in [7, 11) is 0. The first-order chi connectivity index (χ1) is 16.7. The average Bonchev–Trinajstić information content (AvgIpc) is 3.22. The third kappa shape index (κ3) is 4.17. The molecule has 0 unspecified atom stereocenters. The zero-order chi connectivity index (χ0) is 24.8. The van der Waals surface area contributed by atoms with Gasteiger partial charge in [0.15, 0.2) is 0 Å². The van der Waals surface area contributed by atoms with E-state index in [0.717, 1.165) is 36.1 Å². The number of fused-ring (bicyclic) bond motifs is 3. The molecule has 0 radical (unpaired) electrons. The van der Waals surface area contributed by atoms with Crippen LogP contribution in [0.25, 0.3) is 17.2 Å². The van der Waals surface area contributed by atoms with E-state index in [2.05, 4.69) is 24.9 Å². The van der Waals surface area contributed by atoms with E-state index in [1.165, 1.54) is 19.1 Å². The fourth-order valence-electron chi connectivity index (χ4n) is 7.10. The molecule has 5 nitrogen and oxygen atoms in total. The molecular weight excluding hydrogens is 445 g/mol. The number of carbonyl (C=O) groups excluding carboxylic acids is 2. The molecule has 1 saturated heterocycles. The van der Waals surface area contributed by atoms with Gasteiger partial charge >= 0.3 is 11.9 Å². The summed E-state index contributed by atoms with van der Waals surface area (Å²) in [5.41, 5.74) is 1.73. The highest BCUT2D eigenvalue weighted by atomic mass is 19.1. The number of halogens is 1. The molecule has 3 aliphatic rings. The Morgan fingerprint density at radius 2 is 2.00 bits per heavy atom. The molecule has 2 aliphatic carbocycles. The van der Waals surface area contributed by atoms with E-state index in [1.54, 1.807) is 12.3 Å². The van der Waals surface area contributed by atoms with E-state index in [4.69, 9.17) is 9.47 Å². The summed E-state index contributed by atoms with van der Waals surface area (Å²) in [4.78, 5) is 29.3. The lowest BCUT2D eigenvalue weighted by Crippen LogP contribution is -2.58. The van der Waals surface area contributed by atoms with Gasteiger partial charge in [0, 0.05) is 30.0 Å². The average molecular weight is 478 g/mol. The number of aromatic nitrogens is 1. The van der Waals surface area contributed by atoms with E-state index in [-0.39, 0.29) is 47.0 Å². The van der Waals surface area contributed by atoms with Crippen molar-refractivity contribution >= 4 is 18.0 Å². The largest absolute Gasteiger partial charge is 0.465 e. The second-order valence-corrected chi connectivity index (χ2v) is 10.8. The number of rotatable bonds is 4. The van der Waals surface area contributed by atoms with Crippen molar-refractivity contribution < 1.29 is 23.5 Å². The van der Waals surface area contributed by atoms with Gasteiger partial charge in [-0.2, -0.15) is 0 Å². The number of carbonyl (C=O) groups is 2. The number of hydrogen-bond donors (Lipinski definition) is 0. The molecule has 3 fully saturated rings. The van der Waals surface area contributed by atoms with Crippen LogP contribution < -0.4 is 0 Å². The summed E-state index contributed by atoms with van der Waals surface area (Å²) >= 11 is 0. The van der Waals surface area contributed by atoms with Crippen molar-refractivity contribution in [3.63, 3.8) is 0 Å². The van der Waals surface area contributed by atoms with Gasteiger partial charge in [-0.05, 0) is 66.9 Å². The van der Waals surface area contributed by atoms with E-state index < -0.39 is 5.41 Å². The predicted octanol–water partition coefficient (Wildman–Crippen LogP) is 5.84. The maximum atomic E-state index is 13.6. The molecule has 1 aromatic heterocycles. The van der Waals surface area contributed by atoms with Crippen LogP contribution in [-0.4, -0.2) is 29.6 Å². The summed E-state index contributed by atoms with van der Waals surface area (Å²) in [5, 5.41) is 0. The number of esters is 2. The van der Waals surface area contributed by atoms with Crippen LogP contribution in [0, 0.1) is 34.4 Å². The molecule has 2 saturated carbocycles. The van der Waals surface area contributed by atoms with Crippen LogP contribution in [0.2, 0.25) is 0 Å². The van der Waals surface area contributed by atoms with Crippen molar-refractivity contribution in [2.75, 3.05) is 6.61 Å². The van der Waals surface area contributed by atoms with Gasteiger partial charge in [-0.25, -0.2) is 4.39 Å². The molecule has 1 aromatic carbocycles. The van der Waals surface area contributed by atoms with Gasteiger partial charge in [-0.1, -0.05) is 38.1 Å². The van der Waals surface area contributed by atoms with E-state index >= 15 is 0 Å². The lowest BCUT2D eigenvalue weighted by atomic mass is 9.45. The van der Waals surface area contributed by atoms with Crippen molar-refractivity contribution in [2.45, 2.75) is 52.6 Å². The van der Waals surface area contributed by atoms with Crippen molar-refractivity contribution in [3.8, 4) is 11.1 Å². The first kappa shape index (κ1) is 23.7. The molecule has 0 spiro atoms. The summed E-state index contributed by atoms with van der Waals surface area (Å²) in [6, 6.07) is 10.3. The molecular formula is C29H32FNO4. The molecule has 2 heterocycles. The minimum atomic E-state index is -0.449. The summed E-state index contributed by atoms with van der Waals surface area (Å²) in [6.07, 6.45) is 9.02. The molecule has 0 bridgehead atoms. The Kier molecular flexibility index (Phi) is 6.02. The monoisotopic (exact) mass is 477 g/mol. The second-order valence-electron chi connectivity index (χ2n) is 10.8. The third-order valence-corrected chi connectivity index (χ3v) is 8.75. The van der Waals surface area contributed by atoms with Gasteiger partial charge < -0.3 is 9.47 Å². The molecule has 184 valence electrons. The van der Waals surface area contributed by atoms with Gasteiger partial charge in [-0.3, -0.25) is 14.6 Å². The van der Waals surface area contributed by atoms with Crippen LogP contribution >= 0.6 is 0 Å². The molecule has 0 N–H and O–H groups in total. The smallest absolute Gasteiger partial charge is 0.309 e. The van der Waals surface area contributed by atoms with Gasteiger partial charge in [0.05, 0.1) is 18.2 Å². The fourth-order valence-corrected chi connectivity index (χ4v) is 7.10. The van der Waals surface area contributed by atoms with Crippen molar-refractivity contribution in [1.29, 1.82) is 0 Å². The fraction of sp³-hybridized carbons (Fsp3) is 0.483. The van der Waals surface area contributed by atoms with Crippen molar-refractivity contribution in [2.24, 2.45) is 28.6 Å². The summed E-state index contributed by atoms with van der Waals surface area (Å²) in [6.45, 7) is 6.35. The standard InChI is InChI=1S/C29H32FNO4/c1-18(32)35-25-12-14-29(3)24(10-8-21-17-34-27(33)26(21)29)28(25,2)13-11-23-9-7-20(16-31-23)19-5-4-6-22(30)15-19/h4-7,9,11,13,15-16,21,24-26H,8,10,12,14,17H2,1-3H3/b13-11+/t21-,24-,25-,26+,28-,29-/m1/s1. The van der Waals surface area contributed by atoms with E-state index in [9.17, 15) is 14.0 Å². The molecule has 6 heteroatoms. The lowest BCUT2D eigenvalue weighted by Gasteiger charge is -2.59. The number of cyclic esters (lactones) is 1. The van der Waals surface area contributed by atoms with Crippen LogP contribution in [0.4, 0.5) is 4.39 Å². The Balaban J connectivity index is 1.46. The van der Waals surface area contributed by atoms with Crippen LogP contribution in [-0.2, 0) is 19.1 Å². The van der Waals surface area contributed by atoms with E-state index in [0.29, 0.717) is 13.0 Å². The molecule has 1 aliphatic heterocycles. The Morgan fingerprint density at radius 1 is 1.17 bits per heavy atom. The Morgan fingerprint density at radius 3 is 2.71 bits per heavy atom. The summed E-state index contributed by atoms with van der Waals surface area (Å²) < 4.78 is 24.9. The van der Waals surface area contributed by atoms with Gasteiger partial charge in [0.2, 0.25) is 0 Å². The van der Waals surface area contributed by atoms with Crippen molar-refractivity contribution in [1.82, 2.24) is 4.98 Å². The third-order valence-electron chi connectivity index (χ3n) is 8.75. The molecule has 0 amide bonds. The Labute approximate surface area is 205 Å². The number of nitrogens with zero attached hydrogens (tertiary/aromatic N) is 1. The maximum Gasteiger partial charge on any atom is 0.309 e. The Bertz CT molecular complexity index is 1160. The minimum absolute atomic E-state index is 0.0749. The summed E-state index contributed by atoms with van der Waals surface area (Å²) in [5.74, 6) is -0.297. The number of hydrogen-bond acceptors (Lipinski definition) is 5. The Hall–Kier alpha value is -3.02. The van der Waals surface area contributed by atoms with Crippen LogP contribution in [0.15, 0.2) is 48.7 Å². The lowest BCUT2D eigenvalue weighted by molar-refractivity contribution is -0.177. The van der Waals surface area contributed by atoms with Crippen LogP contribution in [0.3, 0.4) is 0 Å². The zero-order valence-corrected chi connectivity index (χ0v) is 20.5. The first-order valence-electron chi connectivity index (χ1n) is 12.5. The van der Waals surface area contributed by atoms with Gasteiger partial charge in [0.25, 0.3) is 0 Å². The highest BCUT2D eigenvalue weighted by molar-refractivity contribution is 5.76. The topological polar surface area (TPSA) is 65.5 Å². The molecule has 35 heavy (non-hydrogen) atoms. The van der Waals surface area contributed by atoms with Crippen LogP contribution in [0.1, 0.15) is 52.1 Å². The zero-order valence-electron chi connectivity index (χ0n) is 20.5. The highest BCUT2D eigenvalue weighted by Crippen LogP contribution is 2.63. The number of pyridine rings is 1. The molecule has 5 rings (SSSR count). The van der Waals surface area contributed by atoms with Gasteiger partial charge in [-0.15, -0.1) is 0 Å².